The lowest BCUT2D eigenvalue weighted by molar-refractivity contribution is -0.384. The largest absolute Gasteiger partial charge is 0.316 e. The van der Waals surface area contributed by atoms with Gasteiger partial charge >= 0.3 is 0 Å². The first-order chi connectivity index (χ1) is 13.3. The number of thiazole rings is 1. The molecule has 0 saturated carbocycles. The van der Waals surface area contributed by atoms with Gasteiger partial charge in [-0.3, -0.25) is 14.9 Å². The van der Waals surface area contributed by atoms with Gasteiger partial charge in [-0.05, 0) is 49.7 Å². The van der Waals surface area contributed by atoms with Gasteiger partial charge in [-0.15, -0.1) is 11.3 Å². The van der Waals surface area contributed by atoms with Crippen molar-refractivity contribution in [3.63, 3.8) is 0 Å². The average molecular weight is 420 g/mol. The average Bonchev–Trinajstić information content (AvgIpc) is 2.97. The maximum Gasteiger partial charge on any atom is 0.281 e. The molecule has 2 aromatic carbocycles. The maximum absolute atomic E-state index is 13.2. The summed E-state index contributed by atoms with van der Waals surface area (Å²) in [5.74, 6) is -0.997. The fraction of sp³-hybridized carbons (Fsp3) is 0.158. The monoisotopic (exact) mass is 419 g/mol. The van der Waals surface area contributed by atoms with Crippen LogP contribution in [0.25, 0.3) is 11.3 Å². The predicted molar refractivity (Wildman–Crippen MR) is 106 cm³/mol. The Kier molecular flexibility index (Phi) is 5.71. The van der Waals surface area contributed by atoms with E-state index in [2.05, 4.69) is 4.99 Å². The zero-order valence-corrected chi connectivity index (χ0v) is 16.6. The number of amides is 1. The number of aromatic nitrogens is 1. The zero-order chi connectivity index (χ0) is 20.4. The van der Waals surface area contributed by atoms with E-state index >= 15 is 0 Å². The van der Waals surface area contributed by atoms with Gasteiger partial charge in [-0.2, -0.15) is 4.99 Å². The van der Waals surface area contributed by atoms with Crippen molar-refractivity contribution >= 4 is 34.5 Å². The molecule has 0 aliphatic carbocycles. The van der Waals surface area contributed by atoms with E-state index in [0.717, 1.165) is 22.2 Å². The second kappa shape index (κ2) is 8.04. The van der Waals surface area contributed by atoms with E-state index in [1.807, 2.05) is 18.4 Å². The minimum Gasteiger partial charge on any atom is -0.316 e. The third-order valence-electron chi connectivity index (χ3n) is 4.10. The standard InChI is InChI=1S/C19H15ClFN3O3S/c1-3-23-17(12-4-6-13(21)7-5-12)11(2)28-19(23)22-18(25)15-10-14(24(26)27)8-9-16(15)20/h4-10H,3H2,1-2H3. The smallest absolute Gasteiger partial charge is 0.281 e. The van der Waals surface area contributed by atoms with E-state index in [0.29, 0.717) is 11.3 Å². The van der Waals surface area contributed by atoms with Crippen LogP contribution in [0.3, 0.4) is 0 Å². The van der Waals surface area contributed by atoms with E-state index in [1.165, 1.54) is 35.6 Å². The Morgan fingerprint density at radius 2 is 1.96 bits per heavy atom. The molecular weight excluding hydrogens is 405 g/mol. The molecule has 0 saturated heterocycles. The number of benzene rings is 2. The first kappa shape index (κ1) is 19.9. The topological polar surface area (TPSA) is 77.5 Å². The Balaban J connectivity index is 2.12. The summed E-state index contributed by atoms with van der Waals surface area (Å²) in [4.78, 5) is 28.5. The van der Waals surface area contributed by atoms with Crippen molar-refractivity contribution in [3.05, 3.63) is 78.7 Å². The third-order valence-corrected chi connectivity index (χ3v) is 5.42. The van der Waals surface area contributed by atoms with Crippen molar-refractivity contribution in [1.82, 2.24) is 4.57 Å². The van der Waals surface area contributed by atoms with Crippen LogP contribution in [-0.4, -0.2) is 15.4 Å². The Morgan fingerprint density at radius 1 is 1.29 bits per heavy atom. The predicted octanol–water partition coefficient (Wildman–Crippen LogP) is 4.99. The number of halogens is 2. The molecular formula is C19H15ClFN3O3S. The molecule has 0 unspecified atom stereocenters. The van der Waals surface area contributed by atoms with Crippen LogP contribution in [-0.2, 0) is 6.54 Å². The molecule has 6 nitrogen and oxygen atoms in total. The van der Waals surface area contributed by atoms with Gasteiger partial charge in [0.2, 0.25) is 0 Å². The number of aryl methyl sites for hydroxylation is 1. The summed E-state index contributed by atoms with van der Waals surface area (Å²) in [5, 5.41) is 11.1. The van der Waals surface area contributed by atoms with E-state index < -0.39 is 10.8 Å². The van der Waals surface area contributed by atoms with Crippen molar-refractivity contribution in [2.75, 3.05) is 0 Å². The highest BCUT2D eigenvalue weighted by molar-refractivity contribution is 7.09. The summed E-state index contributed by atoms with van der Waals surface area (Å²) < 4.78 is 15.1. The van der Waals surface area contributed by atoms with Gasteiger partial charge in [0.1, 0.15) is 5.82 Å². The first-order valence-corrected chi connectivity index (χ1v) is 9.50. The summed E-state index contributed by atoms with van der Waals surface area (Å²) in [6, 6.07) is 9.73. The molecule has 0 bridgehead atoms. The van der Waals surface area contributed by atoms with Crippen LogP contribution in [0.15, 0.2) is 47.5 Å². The molecule has 1 aromatic heterocycles. The molecule has 0 radical (unpaired) electrons. The molecule has 1 amide bonds. The summed E-state index contributed by atoms with van der Waals surface area (Å²) in [6.45, 7) is 4.33. The Morgan fingerprint density at radius 3 is 2.57 bits per heavy atom. The number of carbonyl (C=O) groups excluding carboxylic acids is 1. The lowest BCUT2D eigenvalue weighted by Gasteiger charge is -2.07. The highest BCUT2D eigenvalue weighted by Crippen LogP contribution is 2.26. The Hall–Kier alpha value is -2.84. The van der Waals surface area contributed by atoms with Crippen LogP contribution in [0.5, 0.6) is 0 Å². The van der Waals surface area contributed by atoms with E-state index in [1.54, 1.807) is 12.1 Å². The molecule has 0 spiro atoms. The van der Waals surface area contributed by atoms with Crippen LogP contribution >= 0.6 is 22.9 Å². The van der Waals surface area contributed by atoms with Crippen molar-refractivity contribution in [3.8, 4) is 11.3 Å². The Labute approximate surface area is 168 Å². The molecule has 9 heteroatoms. The van der Waals surface area contributed by atoms with E-state index in [9.17, 15) is 19.3 Å². The highest BCUT2D eigenvalue weighted by Gasteiger charge is 2.17. The maximum atomic E-state index is 13.2. The van der Waals surface area contributed by atoms with Gasteiger partial charge in [-0.25, -0.2) is 4.39 Å². The van der Waals surface area contributed by atoms with Crippen LogP contribution in [0.4, 0.5) is 10.1 Å². The number of rotatable bonds is 4. The highest BCUT2D eigenvalue weighted by atomic mass is 35.5. The number of nitrogens with zero attached hydrogens (tertiary/aromatic N) is 3. The van der Waals surface area contributed by atoms with Gasteiger partial charge < -0.3 is 4.57 Å². The minimum absolute atomic E-state index is 0.0343. The lowest BCUT2D eigenvalue weighted by atomic mass is 10.1. The number of nitro groups is 1. The fourth-order valence-electron chi connectivity index (χ4n) is 2.81. The van der Waals surface area contributed by atoms with Crippen molar-refractivity contribution < 1.29 is 14.1 Å². The van der Waals surface area contributed by atoms with Gasteiger partial charge in [0.15, 0.2) is 4.80 Å². The van der Waals surface area contributed by atoms with Crippen LogP contribution in [0, 0.1) is 22.9 Å². The molecule has 28 heavy (non-hydrogen) atoms. The quantitative estimate of drug-likeness (QED) is 0.441. The molecule has 144 valence electrons. The van der Waals surface area contributed by atoms with E-state index in [4.69, 9.17) is 11.6 Å². The number of nitro benzene ring substituents is 1. The van der Waals surface area contributed by atoms with Gasteiger partial charge in [0.05, 0.1) is 21.2 Å². The number of non-ortho nitro benzene ring substituents is 1. The lowest BCUT2D eigenvalue weighted by Crippen LogP contribution is -2.17. The molecule has 0 N–H and O–H groups in total. The molecule has 1 heterocycles. The third kappa shape index (κ3) is 3.88. The van der Waals surface area contributed by atoms with Gasteiger partial charge in [-0.1, -0.05) is 11.6 Å². The number of carbonyl (C=O) groups is 1. The molecule has 0 atom stereocenters. The Bertz CT molecular complexity index is 1140. The van der Waals surface area contributed by atoms with Crippen LogP contribution < -0.4 is 4.80 Å². The number of hydrogen-bond acceptors (Lipinski definition) is 4. The molecule has 0 aliphatic heterocycles. The molecule has 0 fully saturated rings. The fourth-order valence-corrected chi connectivity index (χ4v) is 4.06. The minimum atomic E-state index is -0.664. The normalized spacial score (nSPS) is 11.6. The number of hydrogen-bond donors (Lipinski definition) is 0. The molecule has 3 rings (SSSR count). The molecule has 0 aliphatic rings. The summed E-state index contributed by atoms with van der Waals surface area (Å²) in [6.07, 6.45) is 0. The van der Waals surface area contributed by atoms with E-state index in [-0.39, 0.29) is 22.1 Å². The van der Waals surface area contributed by atoms with Crippen LogP contribution in [0.2, 0.25) is 5.02 Å². The second-order valence-electron chi connectivity index (χ2n) is 5.88. The molecule has 3 aromatic rings. The van der Waals surface area contributed by atoms with Crippen LogP contribution in [0.1, 0.15) is 22.2 Å². The van der Waals surface area contributed by atoms with Crippen molar-refractivity contribution in [2.45, 2.75) is 20.4 Å². The summed E-state index contributed by atoms with van der Waals surface area (Å²) in [7, 11) is 0. The SMILES string of the molecule is CCn1c(-c2ccc(F)cc2)c(C)sc1=NC(=O)c1cc([N+](=O)[O-])ccc1Cl. The van der Waals surface area contributed by atoms with Gasteiger partial charge in [0.25, 0.3) is 11.6 Å². The van der Waals surface area contributed by atoms with Gasteiger partial charge in [0, 0.05) is 23.6 Å². The second-order valence-corrected chi connectivity index (χ2v) is 7.47. The summed E-state index contributed by atoms with van der Waals surface area (Å²) in [5.41, 5.74) is 1.37. The zero-order valence-electron chi connectivity index (χ0n) is 15.0. The van der Waals surface area contributed by atoms with Crippen molar-refractivity contribution in [2.24, 2.45) is 4.99 Å². The summed E-state index contributed by atoms with van der Waals surface area (Å²) >= 11 is 7.35. The van der Waals surface area contributed by atoms with Crippen molar-refractivity contribution in [1.29, 1.82) is 0 Å². The first-order valence-electron chi connectivity index (χ1n) is 8.31.